The smallest absolute Gasteiger partial charge is 0.171 e. The summed E-state index contributed by atoms with van der Waals surface area (Å²) in [5, 5.41) is 2.59. The van der Waals surface area contributed by atoms with Crippen molar-refractivity contribution in [1.82, 2.24) is 0 Å². The Labute approximate surface area is 165 Å². The van der Waals surface area contributed by atoms with Gasteiger partial charge in [-0.25, -0.2) is 0 Å². The second-order valence-corrected chi connectivity index (χ2v) is 11.1. The maximum atomic E-state index is 14.6. The summed E-state index contributed by atoms with van der Waals surface area (Å²) in [5.74, 6) is 0. The lowest BCUT2D eigenvalue weighted by Gasteiger charge is -2.22. The topological polar surface area (TPSA) is 17.1 Å². The third-order valence-electron chi connectivity index (χ3n) is 4.32. The molecule has 0 fully saturated rings. The SMILES string of the molecule is O=P(c1ccccc1)(c1ccccc1)c1ccccc1-c1ccc(Br)s1. The summed E-state index contributed by atoms with van der Waals surface area (Å²) in [4.78, 5) is 1.11. The van der Waals surface area contributed by atoms with Gasteiger partial charge in [0, 0.05) is 26.4 Å². The Kier molecular flexibility index (Phi) is 4.95. The molecule has 0 saturated carbocycles. The van der Waals surface area contributed by atoms with Gasteiger partial charge < -0.3 is 4.57 Å². The Hall–Kier alpha value is -1.93. The maximum Gasteiger partial charge on any atom is 0.171 e. The first-order valence-electron chi connectivity index (χ1n) is 8.26. The minimum Gasteiger partial charge on any atom is -0.309 e. The highest BCUT2D eigenvalue weighted by Crippen LogP contribution is 2.46. The van der Waals surface area contributed by atoms with E-state index in [-0.39, 0.29) is 0 Å². The van der Waals surface area contributed by atoms with Crippen LogP contribution in [0.25, 0.3) is 10.4 Å². The quantitative estimate of drug-likeness (QED) is 0.367. The lowest BCUT2D eigenvalue weighted by molar-refractivity contribution is 0.592. The number of hydrogen-bond acceptors (Lipinski definition) is 2. The first-order chi connectivity index (χ1) is 12.7. The molecule has 1 heterocycles. The van der Waals surface area contributed by atoms with E-state index in [4.69, 9.17) is 0 Å². The van der Waals surface area contributed by atoms with Gasteiger partial charge in [0.1, 0.15) is 0 Å². The van der Waals surface area contributed by atoms with Gasteiger partial charge in [-0.1, -0.05) is 84.9 Å². The van der Waals surface area contributed by atoms with Gasteiger partial charge in [0.2, 0.25) is 0 Å². The van der Waals surface area contributed by atoms with E-state index < -0.39 is 7.14 Å². The second-order valence-electron chi connectivity index (χ2n) is 5.90. The molecular weight excluding hydrogens is 423 g/mol. The van der Waals surface area contributed by atoms with E-state index in [2.05, 4.69) is 28.1 Å². The summed E-state index contributed by atoms with van der Waals surface area (Å²) in [6, 6.07) is 31.8. The molecule has 0 saturated heterocycles. The van der Waals surface area contributed by atoms with Crippen LogP contribution in [0.15, 0.2) is 101 Å². The largest absolute Gasteiger partial charge is 0.309 e. The number of rotatable bonds is 4. The lowest BCUT2D eigenvalue weighted by atomic mass is 10.2. The van der Waals surface area contributed by atoms with Crippen molar-refractivity contribution in [3.63, 3.8) is 0 Å². The van der Waals surface area contributed by atoms with Crippen LogP contribution in [0.5, 0.6) is 0 Å². The molecule has 1 aromatic heterocycles. The van der Waals surface area contributed by atoms with E-state index >= 15 is 0 Å². The van der Waals surface area contributed by atoms with E-state index in [1.54, 1.807) is 11.3 Å². The average molecular weight is 439 g/mol. The van der Waals surface area contributed by atoms with E-state index in [0.717, 1.165) is 30.1 Å². The van der Waals surface area contributed by atoms with Gasteiger partial charge in [-0.05, 0) is 28.1 Å². The predicted molar refractivity (Wildman–Crippen MR) is 117 cm³/mol. The Morgan fingerprint density at radius 2 is 1.19 bits per heavy atom. The Bertz CT molecular complexity index is 1030. The highest BCUT2D eigenvalue weighted by Gasteiger charge is 2.32. The highest BCUT2D eigenvalue weighted by atomic mass is 79.9. The second kappa shape index (κ2) is 7.36. The molecule has 0 spiro atoms. The predicted octanol–water partition coefficient (Wildman–Crippen LogP) is 5.82. The summed E-state index contributed by atoms with van der Waals surface area (Å²) in [6.45, 7) is 0. The molecule has 4 aromatic rings. The molecule has 0 N–H and O–H groups in total. The average Bonchev–Trinajstić information content (AvgIpc) is 3.15. The van der Waals surface area contributed by atoms with Crippen LogP contribution >= 0.6 is 34.4 Å². The molecule has 3 aromatic carbocycles. The number of thiophene rings is 1. The summed E-state index contributed by atoms with van der Waals surface area (Å²) < 4.78 is 15.7. The van der Waals surface area contributed by atoms with Crippen LogP contribution in [0.3, 0.4) is 0 Å². The molecule has 0 aliphatic heterocycles. The summed E-state index contributed by atoms with van der Waals surface area (Å²) in [6.07, 6.45) is 0. The summed E-state index contributed by atoms with van der Waals surface area (Å²) in [5.41, 5.74) is 1.03. The molecular formula is C22H16BrOPS. The van der Waals surface area contributed by atoms with Crippen molar-refractivity contribution >= 4 is 50.3 Å². The van der Waals surface area contributed by atoms with Gasteiger partial charge in [-0.2, -0.15) is 0 Å². The molecule has 0 radical (unpaired) electrons. The van der Waals surface area contributed by atoms with Gasteiger partial charge in [0.05, 0.1) is 3.79 Å². The molecule has 26 heavy (non-hydrogen) atoms. The maximum absolute atomic E-state index is 14.6. The first kappa shape index (κ1) is 17.5. The Morgan fingerprint density at radius 3 is 1.73 bits per heavy atom. The molecule has 4 heteroatoms. The molecule has 128 valence electrons. The van der Waals surface area contributed by atoms with E-state index in [1.807, 2.05) is 84.9 Å². The van der Waals surface area contributed by atoms with Gasteiger partial charge >= 0.3 is 0 Å². The van der Waals surface area contributed by atoms with E-state index in [1.165, 1.54) is 0 Å². The Morgan fingerprint density at radius 1 is 0.654 bits per heavy atom. The molecule has 0 aliphatic carbocycles. The van der Waals surface area contributed by atoms with Crippen LogP contribution in [0.2, 0.25) is 0 Å². The van der Waals surface area contributed by atoms with Crippen molar-refractivity contribution in [1.29, 1.82) is 0 Å². The summed E-state index contributed by atoms with van der Waals surface area (Å²) >= 11 is 5.20. The molecule has 0 bridgehead atoms. The third kappa shape index (κ3) is 3.12. The highest BCUT2D eigenvalue weighted by molar-refractivity contribution is 9.11. The van der Waals surface area contributed by atoms with E-state index in [0.29, 0.717) is 0 Å². The van der Waals surface area contributed by atoms with Gasteiger partial charge in [0.25, 0.3) is 0 Å². The Balaban J connectivity index is 2.02. The van der Waals surface area contributed by atoms with Crippen LogP contribution in [0.4, 0.5) is 0 Å². The molecule has 4 rings (SSSR count). The van der Waals surface area contributed by atoms with Gasteiger partial charge in [-0.3, -0.25) is 0 Å². The van der Waals surface area contributed by atoms with Crippen LogP contribution in [0, 0.1) is 0 Å². The number of benzene rings is 3. The zero-order chi connectivity index (χ0) is 18.0. The molecule has 0 atom stereocenters. The van der Waals surface area contributed by atoms with Crippen LogP contribution in [-0.4, -0.2) is 0 Å². The zero-order valence-corrected chi connectivity index (χ0v) is 17.2. The molecule has 0 amide bonds. The fourth-order valence-corrected chi connectivity index (χ4v) is 7.49. The number of halogens is 1. The van der Waals surface area contributed by atoms with Crippen molar-refractivity contribution in [3.8, 4) is 10.4 Å². The van der Waals surface area contributed by atoms with Crippen LogP contribution in [0.1, 0.15) is 0 Å². The van der Waals surface area contributed by atoms with Gasteiger partial charge in [-0.15, -0.1) is 11.3 Å². The van der Waals surface area contributed by atoms with Crippen molar-refractivity contribution in [3.05, 3.63) is 101 Å². The fraction of sp³-hybridized carbons (Fsp3) is 0. The third-order valence-corrected chi connectivity index (χ3v) is 9.10. The standard InChI is InChI=1S/C22H16BrOPS/c23-22-16-15-21(26-22)19-13-7-8-14-20(19)25(24,17-9-3-1-4-10-17)18-11-5-2-6-12-18/h1-16H. The minimum absolute atomic E-state index is 0.856. The zero-order valence-electron chi connectivity index (χ0n) is 13.9. The molecule has 1 nitrogen and oxygen atoms in total. The number of hydrogen-bond donors (Lipinski definition) is 0. The molecule has 0 unspecified atom stereocenters. The van der Waals surface area contributed by atoms with Crippen molar-refractivity contribution in [2.45, 2.75) is 0 Å². The van der Waals surface area contributed by atoms with Crippen molar-refractivity contribution in [2.24, 2.45) is 0 Å². The van der Waals surface area contributed by atoms with Crippen LogP contribution < -0.4 is 15.9 Å². The van der Waals surface area contributed by atoms with Crippen LogP contribution in [-0.2, 0) is 4.57 Å². The minimum atomic E-state index is -2.98. The van der Waals surface area contributed by atoms with Gasteiger partial charge in [0.15, 0.2) is 7.14 Å². The fourth-order valence-electron chi connectivity index (χ4n) is 3.12. The van der Waals surface area contributed by atoms with E-state index in [9.17, 15) is 4.57 Å². The summed E-state index contributed by atoms with van der Waals surface area (Å²) in [7, 11) is -2.98. The van der Waals surface area contributed by atoms with Crippen molar-refractivity contribution < 1.29 is 4.57 Å². The van der Waals surface area contributed by atoms with Crippen molar-refractivity contribution in [2.75, 3.05) is 0 Å². The lowest BCUT2D eigenvalue weighted by Crippen LogP contribution is -2.26. The normalized spacial score (nSPS) is 11.4. The monoisotopic (exact) mass is 438 g/mol. The first-order valence-corrected chi connectivity index (χ1v) is 11.6. The molecule has 0 aliphatic rings.